The van der Waals surface area contributed by atoms with Crippen molar-refractivity contribution in [3.8, 4) is 0 Å². The molecule has 0 heterocycles. The molecule has 0 unspecified atom stereocenters. The second kappa shape index (κ2) is 15.3. The zero-order chi connectivity index (χ0) is 9.28. The molecule has 0 atom stereocenters. The van der Waals surface area contributed by atoms with Crippen molar-refractivity contribution < 1.29 is 34.9 Å². The zero-order valence-electron chi connectivity index (χ0n) is 6.94. The first-order chi connectivity index (χ1) is 5.22. The number of carbonyl (C=O) groups is 2. The molecule has 55 valence electrons. The Morgan fingerprint density at radius 1 is 1.08 bits per heavy atom. The summed E-state index contributed by atoms with van der Waals surface area (Å²) in [6.07, 6.45) is 0. The molecule has 2 N–H and O–H groups in total. The summed E-state index contributed by atoms with van der Waals surface area (Å²) in [5.41, 5.74) is 0. The second-order valence-corrected chi connectivity index (χ2v) is 0.824. The van der Waals surface area contributed by atoms with E-state index >= 15 is 0 Å². The van der Waals surface area contributed by atoms with Gasteiger partial charge in [0.1, 0.15) is 0 Å². The van der Waals surface area contributed by atoms with Crippen LogP contribution in [0.4, 0.5) is 0 Å². The van der Waals surface area contributed by atoms with Gasteiger partial charge in [-0.1, -0.05) is 0 Å². The van der Waals surface area contributed by atoms with Crippen LogP contribution in [0.5, 0.6) is 0 Å². The fraction of sp³-hybridized carbons (Fsp3) is 0. The van der Waals surface area contributed by atoms with E-state index in [4.69, 9.17) is 10.5 Å². The Bertz CT molecular complexity index is 126. The predicted molar refractivity (Wildman–Crippen MR) is 35.8 cm³/mol. The van der Waals surface area contributed by atoms with Gasteiger partial charge in [0.2, 0.25) is 0 Å². The van der Waals surface area contributed by atoms with E-state index in [-0.39, 0.29) is 29.6 Å². The Kier molecular flexibility index (Phi) is 24.7. The fourth-order valence-corrected chi connectivity index (χ4v) is 0.105. The third-order valence-corrected chi connectivity index (χ3v) is 0.363. The van der Waals surface area contributed by atoms with Gasteiger partial charge >= 0.3 is 55.6 Å². The predicted octanol–water partition coefficient (Wildman–Crippen LogP) is -2.19. The Hall–Kier alpha value is 1.82. The monoisotopic (exact) mass is 207 g/mol. The molecular weight excluding hydrogens is 205 g/mol. The first kappa shape index (κ1) is 19.4. The molecule has 0 rings (SSSR count). The molecule has 0 amide bonds. The molecule has 7 nitrogen and oxygen atoms in total. The molecule has 0 saturated heterocycles. The van der Waals surface area contributed by atoms with Gasteiger partial charge in [-0.3, -0.25) is 9.78 Å². The van der Waals surface area contributed by atoms with Gasteiger partial charge in [0.05, 0.1) is 0 Å². The van der Waals surface area contributed by atoms with Crippen molar-refractivity contribution in [2.75, 3.05) is 0 Å². The van der Waals surface area contributed by atoms with Crippen LogP contribution in [0.25, 0.3) is 0 Å². The van der Waals surface area contributed by atoms with Crippen molar-refractivity contribution >= 4 is 85.1 Å². The average Bonchev–Trinajstić information content (AvgIpc) is 2.07. The van der Waals surface area contributed by atoms with Crippen LogP contribution < -0.4 is 0 Å². The zero-order valence-corrected chi connectivity index (χ0v) is 12.9. The van der Waals surface area contributed by atoms with Crippen molar-refractivity contribution in [2.24, 2.45) is 0 Å². The van der Waals surface area contributed by atoms with Crippen LogP contribution in [-0.2, 0) is 24.4 Å². The number of hydrogen-bond acceptors (Lipinski definition) is 7. The van der Waals surface area contributed by atoms with E-state index in [1.807, 2.05) is 0 Å². The summed E-state index contributed by atoms with van der Waals surface area (Å²) in [5, 5.41) is 17.6. The van der Waals surface area contributed by atoms with Crippen LogP contribution in [-0.4, -0.2) is 95.6 Å². The van der Waals surface area contributed by atoms with Crippen LogP contribution in [0, 0.1) is 0 Å². The molecule has 0 aromatic heterocycles. The maximum absolute atomic E-state index is 9.83. The summed E-state index contributed by atoms with van der Waals surface area (Å²) in [6, 6.07) is 0. The van der Waals surface area contributed by atoms with Gasteiger partial charge in [-0.25, -0.2) is 14.8 Å². The topological polar surface area (TPSA) is 102 Å². The molecular formula is C2H2Na3O7. The van der Waals surface area contributed by atoms with Crippen LogP contribution in [0.2, 0.25) is 0 Å². The van der Waals surface area contributed by atoms with Crippen LogP contribution in [0.1, 0.15) is 0 Å². The van der Waals surface area contributed by atoms with Crippen LogP contribution >= 0.6 is 0 Å². The Morgan fingerprint density at radius 2 is 1.50 bits per heavy atom. The van der Waals surface area contributed by atoms with E-state index < -0.39 is 11.9 Å². The summed E-state index contributed by atoms with van der Waals surface area (Å²) < 4.78 is 0. The van der Waals surface area contributed by atoms with Crippen molar-refractivity contribution in [3.05, 3.63) is 0 Å². The third kappa shape index (κ3) is 11.8. The summed E-state index contributed by atoms with van der Waals surface area (Å²) in [5.74, 6) is -3.36. The normalized spacial score (nSPS) is 6.83. The number of carbonyl (C=O) groups excluding carboxylic acids is 2. The Morgan fingerprint density at radius 3 is 1.75 bits per heavy atom. The minimum atomic E-state index is -1.69. The van der Waals surface area contributed by atoms with E-state index in [0.717, 1.165) is 0 Å². The van der Waals surface area contributed by atoms with E-state index in [9.17, 15) is 9.59 Å². The molecule has 0 aromatic carbocycles. The quantitative estimate of drug-likeness (QED) is 0.218. The number of rotatable bonds is 1. The molecule has 0 aliphatic carbocycles. The molecule has 0 aliphatic rings. The molecule has 0 fully saturated rings. The molecule has 0 aromatic rings. The van der Waals surface area contributed by atoms with E-state index in [1.165, 1.54) is 43.6 Å². The van der Waals surface area contributed by atoms with Gasteiger partial charge < -0.3 is 0 Å². The van der Waals surface area contributed by atoms with Crippen LogP contribution in [0.15, 0.2) is 0 Å². The van der Waals surface area contributed by atoms with E-state index in [1.54, 1.807) is 0 Å². The molecule has 1 radical (unpaired) electrons. The summed E-state index contributed by atoms with van der Waals surface area (Å²) in [6.45, 7) is 0. The van der Waals surface area contributed by atoms with Crippen molar-refractivity contribution in [2.45, 2.75) is 0 Å². The minimum absolute atomic E-state index is 0. The Balaban J connectivity index is -0.000000249. The van der Waals surface area contributed by atoms with Gasteiger partial charge in [0.15, 0.2) is 0 Å². The first-order valence-electron chi connectivity index (χ1n) is 2.60. The standard InChI is InChI=1S/C2H2O7.3Na/c3-1(7-5)2(4)8-9-6;;;/h5-6H;;;. The summed E-state index contributed by atoms with van der Waals surface area (Å²) >= 11 is 2.89. The SMILES string of the molecule is O=C(OO)C(=O)OOO.[Na].[Na][Na]. The molecule has 0 spiro atoms. The second-order valence-electron chi connectivity index (χ2n) is 0.824. The maximum atomic E-state index is 9.83. The van der Waals surface area contributed by atoms with Crippen molar-refractivity contribution in [1.82, 2.24) is 0 Å². The van der Waals surface area contributed by atoms with E-state index in [0.29, 0.717) is 0 Å². The molecule has 0 bridgehead atoms. The molecule has 0 saturated carbocycles. The average molecular weight is 207 g/mol. The van der Waals surface area contributed by atoms with Gasteiger partial charge in [-0.05, 0) is 5.04 Å². The summed E-state index contributed by atoms with van der Waals surface area (Å²) in [7, 11) is 0. The summed E-state index contributed by atoms with van der Waals surface area (Å²) in [4.78, 5) is 25.6. The van der Waals surface area contributed by atoms with Crippen molar-refractivity contribution in [3.63, 3.8) is 0 Å². The Labute approximate surface area is 118 Å². The fourth-order valence-electron chi connectivity index (χ4n) is 0.105. The van der Waals surface area contributed by atoms with Gasteiger partial charge in [-0.2, -0.15) is 5.26 Å². The van der Waals surface area contributed by atoms with Gasteiger partial charge in [0.25, 0.3) is 0 Å². The first-order valence-corrected chi connectivity index (χ1v) is 10.6. The van der Waals surface area contributed by atoms with E-state index in [2.05, 4.69) is 14.8 Å². The van der Waals surface area contributed by atoms with Crippen molar-refractivity contribution in [1.29, 1.82) is 0 Å². The number of hydrogen-bond donors (Lipinski definition) is 2. The van der Waals surface area contributed by atoms with Crippen LogP contribution in [0.3, 0.4) is 0 Å². The van der Waals surface area contributed by atoms with Gasteiger partial charge in [-0.15, -0.1) is 0 Å². The molecule has 0 aliphatic heterocycles. The van der Waals surface area contributed by atoms with Gasteiger partial charge in [0, 0.05) is 29.6 Å². The third-order valence-electron chi connectivity index (χ3n) is 0.363. The molecule has 12 heavy (non-hydrogen) atoms. The molecule has 10 heteroatoms.